The van der Waals surface area contributed by atoms with Crippen LogP contribution < -0.4 is 10.6 Å². The van der Waals surface area contributed by atoms with Crippen LogP contribution in [0.1, 0.15) is 41.7 Å². The van der Waals surface area contributed by atoms with Crippen molar-refractivity contribution in [1.82, 2.24) is 10.2 Å². The van der Waals surface area contributed by atoms with E-state index in [2.05, 4.69) is 15.5 Å². The molecular weight excluding hydrogens is 624 g/mol. The molecule has 0 fully saturated rings. The summed E-state index contributed by atoms with van der Waals surface area (Å²) in [6.45, 7) is 5.88. The van der Waals surface area contributed by atoms with Crippen molar-refractivity contribution in [3.8, 4) is 0 Å². The molecule has 244 valence electrons. The molecule has 0 radical (unpaired) electrons. The first-order valence-corrected chi connectivity index (χ1v) is 15.2. The van der Waals surface area contributed by atoms with Crippen molar-refractivity contribution in [2.75, 3.05) is 25.0 Å². The Balaban J connectivity index is 1.83. The number of nitrogens with one attached hydrogen (secondary N) is 2. The highest BCUT2D eigenvalue weighted by Crippen LogP contribution is 2.40. The molecular formula is C35H35F6N3OS. The van der Waals surface area contributed by atoms with E-state index in [1.54, 1.807) is 0 Å². The number of ether oxygens (including phenoxy) is 1. The van der Waals surface area contributed by atoms with Gasteiger partial charge in [-0.15, -0.1) is 0 Å². The molecule has 0 amide bonds. The zero-order valence-electron chi connectivity index (χ0n) is 25.3. The molecule has 1 atom stereocenters. The van der Waals surface area contributed by atoms with Crippen LogP contribution in [-0.4, -0.2) is 35.7 Å². The lowest BCUT2D eigenvalue weighted by molar-refractivity contribution is -0.143. The van der Waals surface area contributed by atoms with Crippen LogP contribution in [0.5, 0.6) is 0 Å². The van der Waals surface area contributed by atoms with Gasteiger partial charge in [0.2, 0.25) is 0 Å². The minimum absolute atomic E-state index is 0.0814. The third-order valence-corrected chi connectivity index (χ3v) is 7.91. The topological polar surface area (TPSA) is 36.5 Å². The Morgan fingerprint density at radius 2 is 1.15 bits per heavy atom. The summed E-state index contributed by atoms with van der Waals surface area (Å²) < 4.78 is 88.5. The fourth-order valence-electron chi connectivity index (χ4n) is 5.35. The van der Waals surface area contributed by atoms with Gasteiger partial charge in [-0.2, -0.15) is 26.3 Å². The van der Waals surface area contributed by atoms with Gasteiger partial charge in [0, 0.05) is 12.2 Å². The number of rotatable bonds is 12. The molecule has 0 aromatic heterocycles. The summed E-state index contributed by atoms with van der Waals surface area (Å²) in [5.41, 5.74) is -2.08. The van der Waals surface area contributed by atoms with Gasteiger partial charge in [0.05, 0.1) is 23.8 Å². The van der Waals surface area contributed by atoms with Gasteiger partial charge in [-0.05, 0) is 60.2 Å². The Hall–Kier alpha value is -3.93. The van der Waals surface area contributed by atoms with Gasteiger partial charge in [0.25, 0.3) is 0 Å². The molecule has 2 N–H and O–H groups in total. The number of anilines is 1. The third-order valence-electron chi connectivity index (χ3n) is 7.69. The van der Waals surface area contributed by atoms with E-state index >= 15 is 0 Å². The fourth-order valence-corrected chi connectivity index (χ4v) is 5.61. The van der Waals surface area contributed by atoms with Crippen molar-refractivity contribution in [2.45, 2.75) is 44.4 Å². The van der Waals surface area contributed by atoms with E-state index in [-0.39, 0.29) is 17.8 Å². The molecule has 0 saturated heterocycles. The van der Waals surface area contributed by atoms with Crippen LogP contribution in [0.3, 0.4) is 0 Å². The minimum Gasteiger partial charge on any atom is -0.359 e. The molecule has 4 aromatic carbocycles. The molecule has 0 aliphatic carbocycles. The summed E-state index contributed by atoms with van der Waals surface area (Å²) in [5.74, 6) is 0. The quantitative estimate of drug-likeness (QED) is 0.117. The summed E-state index contributed by atoms with van der Waals surface area (Å²) in [5, 5.41) is 5.69. The summed E-state index contributed by atoms with van der Waals surface area (Å²) in [6.07, 6.45) is -10.0. The highest BCUT2D eigenvalue weighted by atomic mass is 32.1. The lowest BCUT2D eigenvalue weighted by atomic mass is 9.79. The van der Waals surface area contributed by atoms with Crippen LogP contribution in [0.25, 0.3) is 0 Å². The summed E-state index contributed by atoms with van der Waals surface area (Å²) >= 11 is 5.60. The van der Waals surface area contributed by atoms with E-state index in [0.717, 1.165) is 16.7 Å². The zero-order chi connectivity index (χ0) is 33.4. The maximum atomic E-state index is 13.6. The maximum absolute atomic E-state index is 13.6. The molecule has 0 spiro atoms. The number of benzene rings is 4. The number of halogens is 6. The lowest BCUT2D eigenvalue weighted by Gasteiger charge is -2.44. The van der Waals surface area contributed by atoms with Crippen molar-refractivity contribution >= 4 is 23.0 Å². The fraction of sp³-hybridized carbons (Fsp3) is 0.286. The molecule has 0 aliphatic rings. The molecule has 46 heavy (non-hydrogen) atoms. The summed E-state index contributed by atoms with van der Waals surface area (Å²) in [4.78, 5) is 2.14. The second kappa shape index (κ2) is 15.1. The van der Waals surface area contributed by atoms with Gasteiger partial charge in [0.15, 0.2) is 5.11 Å². The van der Waals surface area contributed by atoms with E-state index in [1.165, 1.54) is 0 Å². The van der Waals surface area contributed by atoms with Crippen LogP contribution in [0.2, 0.25) is 0 Å². The first-order chi connectivity index (χ1) is 21.9. The summed E-state index contributed by atoms with van der Waals surface area (Å²) in [6, 6.07) is 29.2. The van der Waals surface area contributed by atoms with Gasteiger partial charge in [0.1, 0.15) is 5.60 Å². The molecule has 4 rings (SSSR count). The molecule has 11 heteroatoms. The first-order valence-electron chi connectivity index (χ1n) is 14.7. The molecule has 4 aromatic rings. The maximum Gasteiger partial charge on any atom is 0.416 e. The Labute approximate surface area is 270 Å². The highest BCUT2D eigenvalue weighted by Gasteiger charge is 2.45. The van der Waals surface area contributed by atoms with Crippen LogP contribution in [0.4, 0.5) is 32.0 Å². The van der Waals surface area contributed by atoms with Crippen molar-refractivity contribution in [1.29, 1.82) is 0 Å². The second-order valence-electron chi connectivity index (χ2n) is 10.7. The van der Waals surface area contributed by atoms with Crippen LogP contribution in [0, 0.1) is 0 Å². The predicted octanol–water partition coefficient (Wildman–Crippen LogP) is 8.88. The number of nitrogens with zero attached hydrogens (tertiary/aromatic N) is 1. The number of alkyl halides is 6. The average Bonchev–Trinajstić information content (AvgIpc) is 3.04. The minimum atomic E-state index is -5.00. The predicted molar refractivity (Wildman–Crippen MR) is 172 cm³/mol. The Morgan fingerprint density at radius 1 is 0.696 bits per heavy atom. The van der Waals surface area contributed by atoms with E-state index in [0.29, 0.717) is 31.8 Å². The van der Waals surface area contributed by atoms with Crippen molar-refractivity contribution in [2.24, 2.45) is 0 Å². The molecule has 0 unspecified atom stereocenters. The van der Waals surface area contributed by atoms with E-state index in [4.69, 9.17) is 17.0 Å². The lowest BCUT2D eigenvalue weighted by Crippen LogP contribution is -2.58. The molecule has 0 heterocycles. The smallest absolute Gasteiger partial charge is 0.359 e. The third kappa shape index (κ3) is 8.65. The van der Waals surface area contributed by atoms with Gasteiger partial charge in [-0.25, -0.2) is 0 Å². The Kier molecular flexibility index (Phi) is 11.5. The van der Waals surface area contributed by atoms with Gasteiger partial charge in [-0.1, -0.05) is 105 Å². The van der Waals surface area contributed by atoms with E-state index in [9.17, 15) is 26.3 Å². The SMILES string of the molecule is CCN(CC)C[C@H](NC(=S)Nc1cc(C(F)(F)F)cc(C(F)(F)F)c1)C(OCc1ccccc1)(c1ccccc1)c1ccccc1. The molecule has 0 saturated carbocycles. The van der Waals surface area contributed by atoms with Crippen molar-refractivity contribution in [3.63, 3.8) is 0 Å². The largest absolute Gasteiger partial charge is 0.416 e. The first kappa shape index (κ1) is 34.9. The normalized spacial score (nSPS) is 13.0. The Bertz CT molecular complexity index is 1470. The van der Waals surface area contributed by atoms with Gasteiger partial charge in [-0.3, -0.25) is 0 Å². The number of hydrogen-bond donors (Lipinski definition) is 2. The summed E-state index contributed by atoms with van der Waals surface area (Å²) in [7, 11) is 0. The van der Waals surface area contributed by atoms with E-state index in [1.807, 2.05) is 105 Å². The number of hydrogen-bond acceptors (Lipinski definition) is 3. The van der Waals surface area contributed by atoms with Crippen LogP contribution >= 0.6 is 12.2 Å². The molecule has 0 bridgehead atoms. The van der Waals surface area contributed by atoms with Gasteiger partial charge >= 0.3 is 12.4 Å². The highest BCUT2D eigenvalue weighted by molar-refractivity contribution is 7.80. The second-order valence-corrected chi connectivity index (χ2v) is 11.1. The Morgan fingerprint density at radius 3 is 1.59 bits per heavy atom. The standard InChI is InChI=1S/C35H35F6N3OS/c1-3-44(4-2)23-31(43-32(46)42-30-21-28(34(36,37)38)20-29(22-30)35(39,40)41)33(26-16-10-6-11-17-26,27-18-12-7-13-19-27)45-24-25-14-8-5-9-15-25/h5-22,31H,3-4,23-24H2,1-2H3,(H2,42,43,46)/t31-/m0/s1. The average molecular weight is 660 g/mol. The molecule has 0 aliphatic heterocycles. The van der Waals surface area contributed by atoms with Crippen molar-refractivity contribution in [3.05, 3.63) is 137 Å². The van der Waals surface area contributed by atoms with Crippen molar-refractivity contribution < 1.29 is 31.1 Å². The van der Waals surface area contributed by atoms with Crippen LogP contribution in [-0.2, 0) is 29.3 Å². The van der Waals surface area contributed by atoms with Crippen LogP contribution in [0.15, 0.2) is 109 Å². The zero-order valence-corrected chi connectivity index (χ0v) is 26.1. The monoisotopic (exact) mass is 659 g/mol. The van der Waals surface area contributed by atoms with E-state index < -0.39 is 40.8 Å². The number of likely N-dealkylation sites (N-methyl/N-ethyl adjacent to an activating group) is 1. The number of thiocarbonyl (C=S) groups is 1. The van der Waals surface area contributed by atoms with Gasteiger partial charge < -0.3 is 20.3 Å². The molecule has 4 nitrogen and oxygen atoms in total.